The Bertz CT molecular complexity index is 437. The molecule has 7 heteroatoms. The number of ether oxygens (including phenoxy) is 3. The summed E-state index contributed by atoms with van der Waals surface area (Å²) in [5.74, 6) is -1.37. The Balaban J connectivity index is 2.25. The lowest BCUT2D eigenvalue weighted by atomic mass is 9.93. The highest BCUT2D eigenvalue weighted by Crippen LogP contribution is 2.32. The molecule has 2 aliphatic heterocycles. The summed E-state index contributed by atoms with van der Waals surface area (Å²) in [5, 5.41) is 0. The Kier molecular flexibility index (Phi) is 4.82. The lowest BCUT2D eigenvalue weighted by Crippen LogP contribution is -2.62. The van der Waals surface area contributed by atoms with Crippen LogP contribution in [0.1, 0.15) is 33.6 Å². The van der Waals surface area contributed by atoms with E-state index in [1.165, 1.54) is 20.8 Å². The lowest BCUT2D eigenvalue weighted by molar-refractivity contribution is -0.200. The molecule has 7 nitrogen and oxygen atoms in total. The molecule has 0 aromatic heterocycles. The van der Waals surface area contributed by atoms with Crippen LogP contribution in [0.15, 0.2) is 0 Å². The predicted molar refractivity (Wildman–Crippen MR) is 71.3 cm³/mol. The first-order chi connectivity index (χ1) is 9.88. The average molecular weight is 299 g/mol. The van der Waals surface area contributed by atoms with Gasteiger partial charge < -0.3 is 14.2 Å². The molecule has 0 saturated carbocycles. The first kappa shape index (κ1) is 15.8. The van der Waals surface area contributed by atoms with Crippen LogP contribution in [0.5, 0.6) is 0 Å². The molecule has 2 aliphatic rings. The summed E-state index contributed by atoms with van der Waals surface area (Å²) in [6.07, 6.45) is -0.142. The zero-order chi connectivity index (χ0) is 15.6. The minimum atomic E-state index is -0.755. The summed E-state index contributed by atoms with van der Waals surface area (Å²) in [6, 6.07) is 0.00468. The van der Waals surface area contributed by atoms with Gasteiger partial charge in [-0.1, -0.05) is 0 Å². The van der Waals surface area contributed by atoms with Crippen molar-refractivity contribution in [2.45, 2.75) is 58.0 Å². The molecule has 0 spiro atoms. The average Bonchev–Trinajstić information content (AvgIpc) is 2.79. The summed E-state index contributed by atoms with van der Waals surface area (Å²) < 4.78 is 16.0. The molecule has 4 atom stereocenters. The predicted octanol–water partition coefficient (Wildman–Crippen LogP) is 0.260. The van der Waals surface area contributed by atoms with Crippen LogP contribution in [0.3, 0.4) is 0 Å². The molecular weight excluding hydrogens is 278 g/mol. The zero-order valence-electron chi connectivity index (χ0n) is 12.5. The van der Waals surface area contributed by atoms with E-state index in [0.29, 0.717) is 6.54 Å². The van der Waals surface area contributed by atoms with Crippen LogP contribution in [0.25, 0.3) is 0 Å². The summed E-state index contributed by atoms with van der Waals surface area (Å²) in [7, 11) is 0. The molecule has 2 saturated heterocycles. The van der Waals surface area contributed by atoms with Gasteiger partial charge in [-0.05, 0) is 19.4 Å². The molecule has 2 fully saturated rings. The standard InChI is InChI=1S/C14H21NO6/c1-8(16)19-12-7-15-6-4-5-11(15)13(20-9(2)17)14(12)21-10(3)18/h11-14H,4-7H2,1-3H3/t11-,12-,13-,14+/m0/s1. The number of hydrogen-bond donors (Lipinski definition) is 0. The van der Waals surface area contributed by atoms with Gasteiger partial charge in [0.15, 0.2) is 18.3 Å². The second-order valence-electron chi connectivity index (χ2n) is 5.50. The number of fused-ring (bicyclic) bond motifs is 1. The van der Waals surface area contributed by atoms with Crippen LogP contribution in [0.4, 0.5) is 0 Å². The molecule has 0 amide bonds. The topological polar surface area (TPSA) is 82.1 Å². The lowest BCUT2D eigenvalue weighted by Gasteiger charge is -2.44. The van der Waals surface area contributed by atoms with E-state index < -0.39 is 36.2 Å². The van der Waals surface area contributed by atoms with Gasteiger partial charge in [0.1, 0.15) is 0 Å². The van der Waals surface area contributed by atoms with Crippen molar-refractivity contribution < 1.29 is 28.6 Å². The monoisotopic (exact) mass is 299 g/mol. The minimum Gasteiger partial charge on any atom is -0.457 e. The number of esters is 3. The van der Waals surface area contributed by atoms with E-state index in [1.54, 1.807) is 0 Å². The number of nitrogens with zero attached hydrogens (tertiary/aromatic N) is 1. The fourth-order valence-corrected chi connectivity index (χ4v) is 3.21. The molecule has 0 radical (unpaired) electrons. The highest BCUT2D eigenvalue weighted by molar-refractivity contribution is 5.68. The van der Waals surface area contributed by atoms with E-state index in [1.807, 2.05) is 0 Å². The van der Waals surface area contributed by atoms with E-state index >= 15 is 0 Å². The first-order valence-corrected chi connectivity index (χ1v) is 7.14. The normalized spacial score (nSPS) is 32.1. The van der Waals surface area contributed by atoms with Crippen LogP contribution in [0, 0.1) is 0 Å². The third-order valence-corrected chi connectivity index (χ3v) is 3.82. The number of carbonyl (C=O) groups is 3. The highest BCUT2D eigenvalue weighted by Gasteiger charge is 2.50. The minimum absolute atomic E-state index is 0.00468. The van der Waals surface area contributed by atoms with Crippen molar-refractivity contribution in [3.8, 4) is 0 Å². The van der Waals surface area contributed by atoms with Gasteiger partial charge in [0, 0.05) is 27.3 Å². The summed E-state index contributed by atoms with van der Waals surface area (Å²) in [5.41, 5.74) is 0. The molecule has 2 heterocycles. The number of hydrogen-bond acceptors (Lipinski definition) is 7. The van der Waals surface area contributed by atoms with Crippen LogP contribution < -0.4 is 0 Å². The van der Waals surface area contributed by atoms with Crippen molar-refractivity contribution in [1.29, 1.82) is 0 Å². The van der Waals surface area contributed by atoms with E-state index in [9.17, 15) is 14.4 Å². The fourth-order valence-electron chi connectivity index (χ4n) is 3.21. The van der Waals surface area contributed by atoms with Gasteiger partial charge in [-0.2, -0.15) is 0 Å². The first-order valence-electron chi connectivity index (χ1n) is 7.14. The zero-order valence-corrected chi connectivity index (χ0v) is 12.5. The summed E-state index contributed by atoms with van der Waals surface area (Å²) >= 11 is 0. The highest BCUT2D eigenvalue weighted by atomic mass is 16.6. The van der Waals surface area contributed by atoms with Crippen molar-refractivity contribution in [1.82, 2.24) is 4.90 Å². The molecule has 0 aliphatic carbocycles. The Labute approximate surface area is 123 Å². The van der Waals surface area contributed by atoms with Gasteiger partial charge in [0.25, 0.3) is 0 Å². The number of piperidine rings is 1. The maximum Gasteiger partial charge on any atom is 0.303 e. The molecule has 0 bridgehead atoms. The Hall–Kier alpha value is -1.63. The van der Waals surface area contributed by atoms with E-state index in [0.717, 1.165) is 19.4 Å². The molecular formula is C14H21NO6. The molecule has 118 valence electrons. The third kappa shape index (κ3) is 3.72. The second-order valence-corrected chi connectivity index (χ2v) is 5.50. The molecule has 2 rings (SSSR count). The molecule has 0 aromatic carbocycles. The molecule has 0 unspecified atom stereocenters. The van der Waals surface area contributed by atoms with Crippen LogP contribution in [-0.2, 0) is 28.6 Å². The Morgan fingerprint density at radius 2 is 1.48 bits per heavy atom. The number of carbonyl (C=O) groups excluding carboxylic acids is 3. The van der Waals surface area contributed by atoms with Crippen molar-refractivity contribution >= 4 is 17.9 Å². The van der Waals surface area contributed by atoms with Gasteiger partial charge in [-0.25, -0.2) is 0 Å². The van der Waals surface area contributed by atoms with Crippen molar-refractivity contribution in [3.63, 3.8) is 0 Å². The maximum absolute atomic E-state index is 11.4. The SMILES string of the molecule is CC(=O)O[C@@H]1[C@H](OC(C)=O)[C@@H](OC(C)=O)CN2CCC[C@@H]12. The Morgan fingerprint density at radius 1 is 0.905 bits per heavy atom. The van der Waals surface area contributed by atoms with Crippen LogP contribution in [0.2, 0.25) is 0 Å². The maximum atomic E-state index is 11.4. The molecule has 21 heavy (non-hydrogen) atoms. The smallest absolute Gasteiger partial charge is 0.303 e. The number of rotatable bonds is 3. The fraction of sp³-hybridized carbons (Fsp3) is 0.786. The third-order valence-electron chi connectivity index (χ3n) is 3.82. The summed E-state index contributed by atoms with van der Waals surface area (Å²) in [6.45, 7) is 5.25. The summed E-state index contributed by atoms with van der Waals surface area (Å²) in [4.78, 5) is 36.1. The van der Waals surface area contributed by atoms with Crippen molar-refractivity contribution in [3.05, 3.63) is 0 Å². The van der Waals surface area contributed by atoms with Gasteiger partial charge in [-0.3, -0.25) is 19.3 Å². The molecule has 0 aromatic rings. The second kappa shape index (κ2) is 6.43. The van der Waals surface area contributed by atoms with Crippen molar-refractivity contribution in [2.75, 3.05) is 13.1 Å². The van der Waals surface area contributed by atoms with E-state index in [-0.39, 0.29) is 6.04 Å². The van der Waals surface area contributed by atoms with Crippen LogP contribution >= 0.6 is 0 Å². The van der Waals surface area contributed by atoms with E-state index in [4.69, 9.17) is 14.2 Å². The van der Waals surface area contributed by atoms with Gasteiger partial charge in [0.05, 0.1) is 6.04 Å². The van der Waals surface area contributed by atoms with E-state index in [2.05, 4.69) is 4.90 Å². The van der Waals surface area contributed by atoms with Gasteiger partial charge in [-0.15, -0.1) is 0 Å². The Morgan fingerprint density at radius 3 is 2.05 bits per heavy atom. The quantitative estimate of drug-likeness (QED) is 0.546. The van der Waals surface area contributed by atoms with Gasteiger partial charge in [0.2, 0.25) is 0 Å². The molecule has 0 N–H and O–H groups in total. The van der Waals surface area contributed by atoms with Gasteiger partial charge >= 0.3 is 17.9 Å². The van der Waals surface area contributed by atoms with Crippen molar-refractivity contribution in [2.24, 2.45) is 0 Å². The largest absolute Gasteiger partial charge is 0.457 e. The van der Waals surface area contributed by atoms with Crippen LogP contribution in [-0.4, -0.2) is 60.3 Å².